The number of hydrogen-bond acceptors (Lipinski definition) is 4. The maximum absolute atomic E-state index is 6.75. The smallest absolute Gasteiger partial charge is 0.148 e. The number of nitrogens with zero attached hydrogens (tertiary/aromatic N) is 2. The minimum atomic E-state index is -0.529. The Kier molecular flexibility index (Phi) is 8.58. The standard InChI is InChI=1S/C45H44N2O2/c1-6-27-44(5,42-18-12-13-28-47-42)49-36-25-21-33(22-26-36)45(40-16-10-8-14-38(40)39-15-9-11-17-41(39)45)32-19-23-35(24-20-32)48-37-29-34(30-46-31-37)43(3,4)7-2/h8-26,28-31H,6-7,27H2,1-5H3. The van der Waals surface area contributed by atoms with Crippen molar-refractivity contribution in [2.75, 3.05) is 0 Å². The Labute approximate surface area is 290 Å². The Bertz CT molecular complexity index is 2010. The molecule has 1 aliphatic carbocycles. The van der Waals surface area contributed by atoms with E-state index < -0.39 is 11.0 Å². The maximum Gasteiger partial charge on any atom is 0.148 e. The first-order chi connectivity index (χ1) is 23.8. The molecule has 0 amide bonds. The highest BCUT2D eigenvalue weighted by Crippen LogP contribution is 2.56. The molecule has 1 atom stereocenters. The monoisotopic (exact) mass is 644 g/mol. The van der Waals surface area contributed by atoms with E-state index in [0.717, 1.165) is 42.2 Å². The molecule has 49 heavy (non-hydrogen) atoms. The summed E-state index contributed by atoms with van der Waals surface area (Å²) in [6.45, 7) is 11.0. The van der Waals surface area contributed by atoms with Crippen LogP contribution in [0.5, 0.6) is 17.2 Å². The number of aromatic nitrogens is 2. The molecule has 4 nitrogen and oxygen atoms in total. The second-order valence-electron chi connectivity index (χ2n) is 13.9. The van der Waals surface area contributed by atoms with Gasteiger partial charge in [-0.25, -0.2) is 0 Å². The minimum absolute atomic E-state index is 0.0273. The van der Waals surface area contributed by atoms with Crippen LogP contribution in [-0.4, -0.2) is 9.97 Å². The van der Waals surface area contributed by atoms with Crippen LogP contribution >= 0.6 is 0 Å². The highest BCUT2D eigenvalue weighted by atomic mass is 16.5. The molecule has 0 radical (unpaired) electrons. The van der Waals surface area contributed by atoms with Gasteiger partial charge < -0.3 is 9.47 Å². The molecule has 4 heteroatoms. The van der Waals surface area contributed by atoms with Gasteiger partial charge >= 0.3 is 0 Å². The molecule has 0 fully saturated rings. The SMILES string of the molecule is CCCC(C)(Oc1ccc(C2(c3ccc(Oc4cncc(C(C)(C)CC)c4)cc3)c3ccccc3-c3ccccc32)cc1)c1ccccn1. The predicted molar refractivity (Wildman–Crippen MR) is 198 cm³/mol. The Balaban J connectivity index is 1.29. The van der Waals surface area contributed by atoms with Crippen molar-refractivity contribution in [3.63, 3.8) is 0 Å². The van der Waals surface area contributed by atoms with E-state index >= 15 is 0 Å². The Morgan fingerprint density at radius 2 is 1.22 bits per heavy atom. The van der Waals surface area contributed by atoms with Crippen LogP contribution in [0.3, 0.4) is 0 Å². The summed E-state index contributed by atoms with van der Waals surface area (Å²) in [5.74, 6) is 2.35. The topological polar surface area (TPSA) is 44.2 Å². The minimum Gasteiger partial charge on any atom is -0.481 e. The van der Waals surface area contributed by atoms with Gasteiger partial charge in [-0.1, -0.05) is 113 Å². The van der Waals surface area contributed by atoms with Gasteiger partial charge in [-0.3, -0.25) is 9.97 Å². The van der Waals surface area contributed by atoms with E-state index in [1.807, 2.05) is 24.5 Å². The molecule has 0 saturated heterocycles. The van der Waals surface area contributed by atoms with E-state index in [1.165, 1.54) is 38.9 Å². The molecule has 0 saturated carbocycles. The molecule has 2 heterocycles. The molecule has 0 aliphatic heterocycles. The maximum atomic E-state index is 6.75. The third-order valence-electron chi connectivity index (χ3n) is 10.4. The van der Waals surface area contributed by atoms with Crippen LogP contribution in [0.25, 0.3) is 11.1 Å². The quantitative estimate of drug-likeness (QED) is 0.141. The summed E-state index contributed by atoms with van der Waals surface area (Å²) in [6, 6.07) is 43.0. The number of fused-ring (bicyclic) bond motifs is 3. The van der Waals surface area contributed by atoms with Crippen molar-refractivity contribution >= 4 is 0 Å². The van der Waals surface area contributed by atoms with Gasteiger partial charge in [0.2, 0.25) is 0 Å². The Morgan fingerprint density at radius 3 is 1.80 bits per heavy atom. The first-order valence-corrected chi connectivity index (χ1v) is 17.4. The highest BCUT2D eigenvalue weighted by Gasteiger charge is 2.46. The van der Waals surface area contributed by atoms with Gasteiger partial charge in [0.25, 0.3) is 0 Å². The molecule has 2 aromatic heterocycles. The lowest BCUT2D eigenvalue weighted by molar-refractivity contribution is 0.0714. The average Bonchev–Trinajstić information content (AvgIpc) is 3.44. The fourth-order valence-electron chi connectivity index (χ4n) is 7.40. The fourth-order valence-corrected chi connectivity index (χ4v) is 7.40. The van der Waals surface area contributed by atoms with Gasteiger partial charge in [-0.2, -0.15) is 0 Å². The van der Waals surface area contributed by atoms with Crippen LogP contribution in [0.4, 0.5) is 0 Å². The number of benzene rings is 4. The fraction of sp³-hybridized carbons (Fsp3) is 0.244. The van der Waals surface area contributed by atoms with Crippen LogP contribution in [0, 0.1) is 0 Å². The molecular formula is C45H44N2O2. The summed E-state index contributed by atoms with van der Waals surface area (Å²) in [6.07, 6.45) is 8.44. The van der Waals surface area contributed by atoms with Crippen molar-refractivity contribution in [1.29, 1.82) is 0 Å². The normalized spacial score (nSPS) is 14.4. The molecule has 0 spiro atoms. The van der Waals surface area contributed by atoms with Gasteiger partial charge in [0.1, 0.15) is 22.8 Å². The predicted octanol–water partition coefficient (Wildman–Crippen LogP) is 11.4. The molecular weight excluding hydrogens is 601 g/mol. The van der Waals surface area contributed by atoms with Crippen LogP contribution in [0.2, 0.25) is 0 Å². The van der Waals surface area contributed by atoms with Gasteiger partial charge in [0, 0.05) is 12.4 Å². The number of rotatable bonds is 11. The third kappa shape index (κ3) is 5.80. The van der Waals surface area contributed by atoms with E-state index in [9.17, 15) is 0 Å². The summed E-state index contributed by atoms with van der Waals surface area (Å²) in [5.41, 5.74) is 8.48. The van der Waals surface area contributed by atoms with Gasteiger partial charge in [-0.05, 0) is 107 Å². The molecule has 1 aliphatic rings. The molecule has 6 aromatic rings. The van der Waals surface area contributed by atoms with Gasteiger partial charge in [-0.15, -0.1) is 0 Å². The van der Waals surface area contributed by atoms with Crippen molar-refractivity contribution in [3.05, 3.63) is 173 Å². The lowest BCUT2D eigenvalue weighted by Crippen LogP contribution is -2.31. The lowest BCUT2D eigenvalue weighted by Gasteiger charge is -2.34. The second kappa shape index (κ2) is 13.0. The number of pyridine rings is 2. The van der Waals surface area contributed by atoms with Gasteiger partial charge in [0.05, 0.1) is 17.3 Å². The molecule has 4 aromatic carbocycles. The summed E-state index contributed by atoms with van der Waals surface area (Å²) in [5, 5.41) is 0. The first kappa shape index (κ1) is 32.3. The molecule has 246 valence electrons. The van der Waals surface area contributed by atoms with E-state index in [4.69, 9.17) is 9.47 Å². The molecule has 7 rings (SSSR count). The van der Waals surface area contributed by atoms with Gasteiger partial charge in [0.15, 0.2) is 0 Å². The number of hydrogen-bond donors (Lipinski definition) is 0. The highest BCUT2D eigenvalue weighted by molar-refractivity contribution is 5.86. The second-order valence-corrected chi connectivity index (χ2v) is 13.9. The van der Waals surface area contributed by atoms with Crippen molar-refractivity contribution in [2.24, 2.45) is 0 Å². The van der Waals surface area contributed by atoms with E-state index in [0.29, 0.717) is 0 Å². The molecule has 1 unspecified atom stereocenters. The van der Waals surface area contributed by atoms with E-state index in [1.54, 1.807) is 6.20 Å². The van der Waals surface area contributed by atoms with Crippen molar-refractivity contribution in [1.82, 2.24) is 9.97 Å². The van der Waals surface area contributed by atoms with Crippen molar-refractivity contribution in [3.8, 4) is 28.4 Å². The van der Waals surface area contributed by atoms with Crippen LogP contribution in [0.15, 0.2) is 140 Å². The van der Waals surface area contributed by atoms with Crippen LogP contribution in [0.1, 0.15) is 87.4 Å². The van der Waals surface area contributed by atoms with Crippen LogP contribution < -0.4 is 9.47 Å². The zero-order chi connectivity index (χ0) is 34.1. The Hall–Kier alpha value is -5.22. The van der Waals surface area contributed by atoms with Crippen LogP contribution in [-0.2, 0) is 16.4 Å². The Morgan fingerprint density at radius 1 is 0.633 bits per heavy atom. The third-order valence-corrected chi connectivity index (χ3v) is 10.4. The molecule has 0 bridgehead atoms. The zero-order valence-corrected chi connectivity index (χ0v) is 29.1. The summed E-state index contributed by atoms with van der Waals surface area (Å²) < 4.78 is 13.1. The van der Waals surface area contributed by atoms with Crippen molar-refractivity contribution in [2.45, 2.75) is 70.3 Å². The lowest BCUT2D eigenvalue weighted by atomic mass is 9.68. The van der Waals surface area contributed by atoms with E-state index in [2.05, 4.69) is 154 Å². The largest absolute Gasteiger partial charge is 0.481 e. The summed E-state index contributed by atoms with van der Waals surface area (Å²) in [4.78, 5) is 9.15. The first-order valence-electron chi connectivity index (χ1n) is 17.4. The van der Waals surface area contributed by atoms with Crippen molar-refractivity contribution < 1.29 is 9.47 Å². The zero-order valence-electron chi connectivity index (χ0n) is 29.1. The van der Waals surface area contributed by atoms with E-state index in [-0.39, 0.29) is 5.41 Å². The summed E-state index contributed by atoms with van der Waals surface area (Å²) >= 11 is 0. The number of ether oxygens (including phenoxy) is 2. The molecule has 0 N–H and O–H groups in total. The summed E-state index contributed by atoms with van der Waals surface area (Å²) in [7, 11) is 0. The average molecular weight is 645 g/mol.